The van der Waals surface area contributed by atoms with E-state index in [-0.39, 0.29) is 29.1 Å². The van der Waals surface area contributed by atoms with Gasteiger partial charge in [0, 0.05) is 18.3 Å². The molecule has 1 aliphatic carbocycles. The van der Waals surface area contributed by atoms with E-state index in [2.05, 4.69) is 4.98 Å². The molecule has 3 rings (SSSR count). The maximum absolute atomic E-state index is 12.3. The highest BCUT2D eigenvalue weighted by Gasteiger charge is 2.28. The van der Waals surface area contributed by atoms with E-state index < -0.39 is 0 Å². The number of rotatable bonds is 5. The molecular formula is C20H24N2O4. The lowest BCUT2D eigenvalue weighted by Gasteiger charge is -2.31. The van der Waals surface area contributed by atoms with Crippen molar-refractivity contribution in [3.05, 3.63) is 68.5 Å². The summed E-state index contributed by atoms with van der Waals surface area (Å²) in [5.41, 5.74) is 0.421. The van der Waals surface area contributed by atoms with Crippen LogP contribution in [0.15, 0.2) is 46.1 Å². The predicted octanol–water partition coefficient (Wildman–Crippen LogP) is 2.51. The summed E-state index contributed by atoms with van der Waals surface area (Å²) in [6.07, 6.45) is 5.44. The van der Waals surface area contributed by atoms with Crippen LogP contribution in [-0.4, -0.2) is 22.1 Å². The number of aryl methyl sites for hydroxylation is 1. The van der Waals surface area contributed by atoms with E-state index in [0.717, 1.165) is 25.7 Å². The first-order chi connectivity index (χ1) is 12.6. The van der Waals surface area contributed by atoms with Gasteiger partial charge in [0.05, 0.1) is 12.2 Å². The van der Waals surface area contributed by atoms with Crippen molar-refractivity contribution < 1.29 is 9.53 Å². The van der Waals surface area contributed by atoms with Crippen LogP contribution in [0.25, 0.3) is 0 Å². The van der Waals surface area contributed by atoms with Gasteiger partial charge < -0.3 is 9.72 Å². The normalized spacial score (nSPS) is 19.9. The Bertz CT molecular complexity index is 869. The standard InChI is InChI=1S/C20H24N2O4/c1-14-11-21-20(25)22(18(14)23)12-16-9-5-6-10-17(16)13-26-19(24)15-7-3-2-4-8-15/h2-4,7-8,11,16-17H,5-6,9-10,12-13H2,1H3,(H,21,25). The highest BCUT2D eigenvalue weighted by Crippen LogP contribution is 2.31. The zero-order chi connectivity index (χ0) is 18.5. The Balaban J connectivity index is 1.69. The molecule has 0 saturated heterocycles. The Hall–Kier alpha value is -2.63. The lowest BCUT2D eigenvalue weighted by molar-refractivity contribution is 0.0324. The molecule has 1 aromatic carbocycles. The van der Waals surface area contributed by atoms with Gasteiger partial charge in [-0.05, 0) is 43.7 Å². The van der Waals surface area contributed by atoms with Gasteiger partial charge in [-0.1, -0.05) is 31.0 Å². The second-order valence-electron chi connectivity index (χ2n) is 6.96. The van der Waals surface area contributed by atoms with Crippen LogP contribution in [0.4, 0.5) is 0 Å². The number of ether oxygens (including phenoxy) is 1. The maximum Gasteiger partial charge on any atom is 0.338 e. The molecule has 1 aromatic heterocycles. The molecule has 1 aliphatic rings. The summed E-state index contributed by atoms with van der Waals surface area (Å²) < 4.78 is 6.78. The first kappa shape index (κ1) is 18.2. The number of hydrogen-bond acceptors (Lipinski definition) is 4. The zero-order valence-corrected chi connectivity index (χ0v) is 14.9. The van der Waals surface area contributed by atoms with Gasteiger partial charge in [0.15, 0.2) is 0 Å². The van der Waals surface area contributed by atoms with Gasteiger partial charge >= 0.3 is 11.7 Å². The summed E-state index contributed by atoms with van der Waals surface area (Å²) in [6.45, 7) is 2.37. The quantitative estimate of drug-likeness (QED) is 0.835. The Morgan fingerprint density at radius 2 is 1.85 bits per heavy atom. The molecule has 1 N–H and O–H groups in total. The zero-order valence-electron chi connectivity index (χ0n) is 14.9. The Morgan fingerprint density at radius 3 is 2.58 bits per heavy atom. The third kappa shape index (κ3) is 4.12. The van der Waals surface area contributed by atoms with Crippen molar-refractivity contribution in [1.82, 2.24) is 9.55 Å². The van der Waals surface area contributed by atoms with Crippen LogP contribution < -0.4 is 11.2 Å². The van der Waals surface area contributed by atoms with E-state index in [1.54, 1.807) is 31.2 Å². The van der Waals surface area contributed by atoms with Crippen LogP contribution >= 0.6 is 0 Å². The van der Waals surface area contributed by atoms with Gasteiger partial charge in [0.1, 0.15) is 0 Å². The molecule has 26 heavy (non-hydrogen) atoms. The van der Waals surface area contributed by atoms with Crippen molar-refractivity contribution in [2.75, 3.05) is 6.61 Å². The van der Waals surface area contributed by atoms with Crippen LogP contribution in [-0.2, 0) is 11.3 Å². The monoisotopic (exact) mass is 356 g/mol. The number of nitrogens with zero attached hydrogens (tertiary/aromatic N) is 1. The molecule has 2 unspecified atom stereocenters. The van der Waals surface area contributed by atoms with Gasteiger partial charge in [-0.3, -0.25) is 9.36 Å². The molecule has 0 bridgehead atoms. The van der Waals surface area contributed by atoms with Crippen LogP contribution in [0.3, 0.4) is 0 Å². The number of benzene rings is 1. The number of aromatic amines is 1. The van der Waals surface area contributed by atoms with E-state index in [0.29, 0.717) is 24.3 Å². The van der Waals surface area contributed by atoms with E-state index in [1.165, 1.54) is 10.8 Å². The van der Waals surface area contributed by atoms with Gasteiger partial charge in [0.25, 0.3) is 5.56 Å². The largest absolute Gasteiger partial charge is 0.462 e. The fourth-order valence-electron chi connectivity index (χ4n) is 3.60. The average Bonchev–Trinajstić information content (AvgIpc) is 2.68. The number of esters is 1. The molecule has 138 valence electrons. The molecule has 0 radical (unpaired) electrons. The molecule has 0 spiro atoms. The van der Waals surface area contributed by atoms with Crippen molar-refractivity contribution in [2.24, 2.45) is 11.8 Å². The van der Waals surface area contributed by atoms with Crippen LogP contribution in [0.1, 0.15) is 41.6 Å². The molecule has 2 aromatic rings. The highest BCUT2D eigenvalue weighted by atomic mass is 16.5. The van der Waals surface area contributed by atoms with Crippen molar-refractivity contribution in [3.63, 3.8) is 0 Å². The summed E-state index contributed by atoms with van der Waals surface area (Å²) in [6, 6.07) is 8.91. The average molecular weight is 356 g/mol. The first-order valence-electron chi connectivity index (χ1n) is 9.07. The van der Waals surface area contributed by atoms with Gasteiger partial charge in [0.2, 0.25) is 0 Å². The number of H-pyrrole nitrogens is 1. The van der Waals surface area contributed by atoms with Gasteiger partial charge in [-0.15, -0.1) is 0 Å². The fourth-order valence-corrected chi connectivity index (χ4v) is 3.60. The number of carbonyl (C=O) groups is 1. The lowest BCUT2D eigenvalue weighted by Crippen LogP contribution is -2.40. The number of hydrogen-bond donors (Lipinski definition) is 1. The number of nitrogens with one attached hydrogen (secondary N) is 1. The summed E-state index contributed by atoms with van der Waals surface area (Å²) in [5, 5.41) is 0. The molecule has 1 saturated carbocycles. The van der Waals surface area contributed by atoms with Crippen molar-refractivity contribution in [3.8, 4) is 0 Å². The molecule has 2 atom stereocenters. The molecular weight excluding hydrogens is 332 g/mol. The second kappa shape index (κ2) is 8.17. The molecule has 6 heteroatoms. The number of aromatic nitrogens is 2. The van der Waals surface area contributed by atoms with Crippen molar-refractivity contribution in [1.29, 1.82) is 0 Å². The van der Waals surface area contributed by atoms with Gasteiger partial charge in [-0.2, -0.15) is 0 Å². The van der Waals surface area contributed by atoms with E-state index in [4.69, 9.17) is 4.74 Å². The number of carbonyl (C=O) groups excluding carboxylic acids is 1. The second-order valence-corrected chi connectivity index (χ2v) is 6.96. The summed E-state index contributed by atoms with van der Waals surface area (Å²) >= 11 is 0. The third-order valence-electron chi connectivity index (χ3n) is 5.16. The minimum Gasteiger partial charge on any atom is -0.462 e. The van der Waals surface area contributed by atoms with Crippen LogP contribution in [0.5, 0.6) is 0 Å². The Kier molecular flexibility index (Phi) is 5.71. The van der Waals surface area contributed by atoms with E-state index >= 15 is 0 Å². The van der Waals surface area contributed by atoms with Crippen molar-refractivity contribution in [2.45, 2.75) is 39.2 Å². The fraction of sp³-hybridized carbons (Fsp3) is 0.450. The molecule has 1 fully saturated rings. The van der Waals surface area contributed by atoms with Gasteiger partial charge in [-0.25, -0.2) is 9.59 Å². The SMILES string of the molecule is Cc1c[nH]c(=O)n(CC2CCCCC2COC(=O)c2ccccc2)c1=O. The molecule has 0 aliphatic heterocycles. The molecule has 0 amide bonds. The minimum absolute atomic E-state index is 0.146. The summed E-state index contributed by atoms with van der Waals surface area (Å²) in [4.78, 5) is 39.1. The third-order valence-corrected chi connectivity index (χ3v) is 5.16. The Labute approximate surface area is 151 Å². The lowest BCUT2D eigenvalue weighted by atomic mass is 9.79. The topological polar surface area (TPSA) is 81.2 Å². The smallest absolute Gasteiger partial charge is 0.338 e. The van der Waals surface area contributed by atoms with E-state index in [1.807, 2.05) is 6.07 Å². The van der Waals surface area contributed by atoms with Crippen LogP contribution in [0, 0.1) is 18.8 Å². The molecule has 6 nitrogen and oxygen atoms in total. The highest BCUT2D eigenvalue weighted by molar-refractivity contribution is 5.89. The van der Waals surface area contributed by atoms with E-state index in [9.17, 15) is 14.4 Å². The summed E-state index contributed by atoms with van der Waals surface area (Å²) in [7, 11) is 0. The van der Waals surface area contributed by atoms with Crippen molar-refractivity contribution >= 4 is 5.97 Å². The maximum atomic E-state index is 12.3. The predicted molar refractivity (Wildman–Crippen MR) is 98.2 cm³/mol. The first-order valence-corrected chi connectivity index (χ1v) is 9.07. The van der Waals surface area contributed by atoms with Crippen LogP contribution in [0.2, 0.25) is 0 Å². The molecule has 1 heterocycles. The Morgan fingerprint density at radius 1 is 1.15 bits per heavy atom. The summed E-state index contributed by atoms with van der Waals surface area (Å²) in [5.74, 6) is -0.0309. The minimum atomic E-state index is -0.383.